The number of carbonyl (C=O) groups excluding carboxylic acids is 1. The van der Waals surface area contributed by atoms with Gasteiger partial charge in [0, 0.05) is 17.8 Å². The number of nitrogen functional groups attached to an aromatic ring is 1. The van der Waals surface area contributed by atoms with Gasteiger partial charge in [0.15, 0.2) is 0 Å². The van der Waals surface area contributed by atoms with Crippen molar-refractivity contribution in [2.45, 2.75) is 12.8 Å². The van der Waals surface area contributed by atoms with Crippen LogP contribution in [-0.4, -0.2) is 19.1 Å². The van der Waals surface area contributed by atoms with Crippen molar-refractivity contribution in [1.29, 1.82) is 0 Å². The summed E-state index contributed by atoms with van der Waals surface area (Å²) in [4.78, 5) is 13.9. The predicted octanol–water partition coefficient (Wildman–Crippen LogP) is 2.63. The van der Waals surface area contributed by atoms with E-state index in [1.807, 2.05) is 35.2 Å². The van der Waals surface area contributed by atoms with E-state index in [0.29, 0.717) is 25.3 Å². The molecule has 2 N–H and O–H groups in total. The van der Waals surface area contributed by atoms with Gasteiger partial charge in [0.1, 0.15) is 12.4 Å². The van der Waals surface area contributed by atoms with Crippen LogP contribution in [0, 0.1) is 0 Å². The number of ether oxygens (including phenoxy) is 1. The summed E-state index contributed by atoms with van der Waals surface area (Å²) in [5, 5.41) is 0. The van der Waals surface area contributed by atoms with Crippen molar-refractivity contribution in [2.24, 2.45) is 0 Å². The molecule has 21 heavy (non-hydrogen) atoms. The SMILES string of the molecule is Nc1ccc(OCCN2C(=O)CCc3ccccc32)cc1. The van der Waals surface area contributed by atoms with Gasteiger partial charge in [-0.15, -0.1) is 0 Å². The lowest BCUT2D eigenvalue weighted by molar-refractivity contribution is -0.119. The number of amides is 1. The lowest BCUT2D eigenvalue weighted by atomic mass is 10.0. The number of rotatable bonds is 4. The third-order valence-corrected chi connectivity index (χ3v) is 3.66. The van der Waals surface area contributed by atoms with Gasteiger partial charge in [0.05, 0.1) is 6.54 Å². The average Bonchev–Trinajstić information content (AvgIpc) is 2.51. The summed E-state index contributed by atoms with van der Waals surface area (Å²) >= 11 is 0. The van der Waals surface area contributed by atoms with Gasteiger partial charge in [-0.2, -0.15) is 0 Å². The van der Waals surface area contributed by atoms with Crippen molar-refractivity contribution in [3.63, 3.8) is 0 Å². The van der Waals surface area contributed by atoms with E-state index >= 15 is 0 Å². The van der Waals surface area contributed by atoms with Gasteiger partial charge in [-0.25, -0.2) is 0 Å². The number of nitrogens with zero attached hydrogens (tertiary/aromatic N) is 1. The first-order chi connectivity index (χ1) is 10.2. The van der Waals surface area contributed by atoms with E-state index in [2.05, 4.69) is 6.07 Å². The maximum absolute atomic E-state index is 12.1. The average molecular weight is 282 g/mol. The van der Waals surface area contributed by atoms with Crippen molar-refractivity contribution < 1.29 is 9.53 Å². The summed E-state index contributed by atoms with van der Waals surface area (Å²) in [5.41, 5.74) is 8.58. The number of hydrogen-bond donors (Lipinski definition) is 1. The Kier molecular flexibility index (Phi) is 3.77. The summed E-state index contributed by atoms with van der Waals surface area (Å²) in [5.74, 6) is 0.927. The van der Waals surface area contributed by atoms with Crippen LogP contribution >= 0.6 is 0 Å². The largest absolute Gasteiger partial charge is 0.492 e. The fourth-order valence-electron chi connectivity index (χ4n) is 2.56. The molecule has 1 aliphatic rings. The lowest BCUT2D eigenvalue weighted by Gasteiger charge is -2.29. The van der Waals surface area contributed by atoms with E-state index in [0.717, 1.165) is 17.9 Å². The van der Waals surface area contributed by atoms with Crippen LogP contribution in [0.3, 0.4) is 0 Å². The molecular weight excluding hydrogens is 264 g/mol. The molecule has 0 fully saturated rings. The summed E-state index contributed by atoms with van der Waals surface area (Å²) < 4.78 is 5.68. The van der Waals surface area contributed by atoms with E-state index < -0.39 is 0 Å². The van der Waals surface area contributed by atoms with Crippen molar-refractivity contribution in [3.8, 4) is 5.75 Å². The molecule has 0 saturated heterocycles. The highest BCUT2D eigenvalue weighted by atomic mass is 16.5. The maximum Gasteiger partial charge on any atom is 0.227 e. The molecule has 0 bridgehead atoms. The molecule has 0 saturated carbocycles. The van der Waals surface area contributed by atoms with E-state index in [1.165, 1.54) is 5.56 Å². The Labute approximate surface area is 124 Å². The number of carbonyl (C=O) groups is 1. The number of para-hydroxylation sites is 1. The Hall–Kier alpha value is -2.49. The summed E-state index contributed by atoms with van der Waals surface area (Å²) in [6.45, 7) is 1.02. The van der Waals surface area contributed by atoms with Gasteiger partial charge in [0.2, 0.25) is 5.91 Å². The number of hydrogen-bond acceptors (Lipinski definition) is 3. The smallest absolute Gasteiger partial charge is 0.227 e. The van der Waals surface area contributed by atoms with Crippen molar-refractivity contribution >= 4 is 17.3 Å². The van der Waals surface area contributed by atoms with Gasteiger partial charge in [-0.1, -0.05) is 18.2 Å². The standard InChI is InChI=1S/C17H18N2O2/c18-14-6-8-15(9-7-14)21-12-11-19-16-4-2-1-3-13(16)5-10-17(19)20/h1-4,6-9H,5,10-12,18H2. The first kappa shape index (κ1) is 13.5. The third-order valence-electron chi connectivity index (χ3n) is 3.66. The minimum absolute atomic E-state index is 0.162. The topological polar surface area (TPSA) is 55.6 Å². The summed E-state index contributed by atoms with van der Waals surface area (Å²) in [6, 6.07) is 15.3. The molecule has 0 aliphatic carbocycles. The molecule has 3 rings (SSSR count). The van der Waals surface area contributed by atoms with Gasteiger partial charge in [-0.3, -0.25) is 4.79 Å². The normalized spacial score (nSPS) is 13.9. The van der Waals surface area contributed by atoms with Crippen LogP contribution < -0.4 is 15.4 Å². The quantitative estimate of drug-likeness (QED) is 0.877. The fraction of sp³-hybridized carbons (Fsp3) is 0.235. The number of benzene rings is 2. The van der Waals surface area contributed by atoms with Gasteiger partial charge in [0.25, 0.3) is 0 Å². The fourth-order valence-corrected chi connectivity index (χ4v) is 2.56. The molecule has 2 aromatic rings. The monoisotopic (exact) mass is 282 g/mol. The van der Waals surface area contributed by atoms with Crippen LogP contribution in [0.25, 0.3) is 0 Å². The zero-order valence-electron chi connectivity index (χ0n) is 11.8. The van der Waals surface area contributed by atoms with Gasteiger partial charge in [-0.05, 0) is 42.3 Å². The first-order valence-corrected chi connectivity index (χ1v) is 7.10. The van der Waals surface area contributed by atoms with E-state index in [9.17, 15) is 4.79 Å². The molecule has 4 nitrogen and oxygen atoms in total. The second kappa shape index (κ2) is 5.87. The van der Waals surface area contributed by atoms with Crippen LogP contribution in [0.2, 0.25) is 0 Å². The Morgan fingerprint density at radius 1 is 1.05 bits per heavy atom. The minimum atomic E-state index is 0.162. The molecule has 108 valence electrons. The molecule has 1 amide bonds. The number of fused-ring (bicyclic) bond motifs is 1. The van der Waals surface area contributed by atoms with Gasteiger partial charge < -0.3 is 15.4 Å². The minimum Gasteiger partial charge on any atom is -0.492 e. The Bertz CT molecular complexity index is 637. The van der Waals surface area contributed by atoms with Crippen molar-refractivity contribution in [2.75, 3.05) is 23.8 Å². The molecule has 0 atom stereocenters. The number of aryl methyl sites for hydroxylation is 1. The molecular formula is C17H18N2O2. The highest BCUT2D eigenvalue weighted by Crippen LogP contribution is 2.27. The van der Waals surface area contributed by atoms with Crippen molar-refractivity contribution in [1.82, 2.24) is 0 Å². The summed E-state index contributed by atoms with van der Waals surface area (Å²) in [7, 11) is 0. The highest BCUT2D eigenvalue weighted by Gasteiger charge is 2.23. The Morgan fingerprint density at radius 2 is 1.81 bits per heavy atom. The molecule has 0 radical (unpaired) electrons. The second-order valence-corrected chi connectivity index (χ2v) is 5.09. The van der Waals surface area contributed by atoms with Crippen LogP contribution in [0.4, 0.5) is 11.4 Å². The second-order valence-electron chi connectivity index (χ2n) is 5.09. The molecule has 0 unspecified atom stereocenters. The molecule has 0 aromatic heterocycles. The predicted molar refractivity (Wildman–Crippen MR) is 83.5 cm³/mol. The van der Waals surface area contributed by atoms with Crippen LogP contribution in [0.15, 0.2) is 48.5 Å². The highest BCUT2D eigenvalue weighted by molar-refractivity contribution is 5.96. The Morgan fingerprint density at radius 3 is 2.62 bits per heavy atom. The zero-order valence-corrected chi connectivity index (χ0v) is 11.8. The number of nitrogens with two attached hydrogens (primary N) is 1. The molecule has 0 spiro atoms. The van der Waals surface area contributed by atoms with Crippen molar-refractivity contribution in [3.05, 3.63) is 54.1 Å². The molecule has 1 heterocycles. The Balaban J connectivity index is 1.65. The van der Waals surface area contributed by atoms with Crippen LogP contribution in [0.5, 0.6) is 5.75 Å². The maximum atomic E-state index is 12.1. The van der Waals surface area contributed by atoms with Gasteiger partial charge >= 0.3 is 0 Å². The van der Waals surface area contributed by atoms with E-state index in [4.69, 9.17) is 10.5 Å². The zero-order chi connectivity index (χ0) is 14.7. The molecule has 1 aliphatic heterocycles. The third kappa shape index (κ3) is 2.99. The first-order valence-electron chi connectivity index (χ1n) is 7.10. The van der Waals surface area contributed by atoms with Crippen LogP contribution in [0.1, 0.15) is 12.0 Å². The molecule has 4 heteroatoms. The number of anilines is 2. The molecule has 2 aromatic carbocycles. The van der Waals surface area contributed by atoms with E-state index in [1.54, 1.807) is 12.1 Å². The van der Waals surface area contributed by atoms with Crippen LogP contribution in [-0.2, 0) is 11.2 Å². The van der Waals surface area contributed by atoms with E-state index in [-0.39, 0.29) is 5.91 Å². The summed E-state index contributed by atoms with van der Waals surface area (Å²) in [6.07, 6.45) is 1.39. The lowest BCUT2D eigenvalue weighted by Crippen LogP contribution is -2.38.